The lowest BCUT2D eigenvalue weighted by Gasteiger charge is -2.07. The van der Waals surface area contributed by atoms with Crippen LogP contribution in [0.25, 0.3) is 86.6 Å². The van der Waals surface area contributed by atoms with E-state index in [2.05, 4.69) is 124 Å². The van der Waals surface area contributed by atoms with E-state index in [1.54, 1.807) is 11.3 Å². The number of fused-ring (bicyclic) bond motifs is 12. The van der Waals surface area contributed by atoms with Gasteiger partial charge in [-0.05, 0) is 54.6 Å². The highest BCUT2D eigenvalue weighted by Gasteiger charge is 2.22. The fourth-order valence-corrected chi connectivity index (χ4v) is 8.00. The van der Waals surface area contributed by atoms with E-state index < -0.39 is 0 Å². The Labute approximate surface area is 243 Å². The Balaban J connectivity index is 1.35. The van der Waals surface area contributed by atoms with Gasteiger partial charge in [-0.2, -0.15) is 0 Å². The Morgan fingerprint density at radius 1 is 0.476 bits per heavy atom. The quantitative estimate of drug-likeness (QED) is 0.213. The number of thiazole rings is 1. The molecule has 0 aliphatic rings. The van der Waals surface area contributed by atoms with Crippen LogP contribution in [0.3, 0.4) is 0 Å². The number of aromatic nitrogens is 3. The number of hydrogen-bond donors (Lipinski definition) is 0. The average molecular weight is 556 g/mol. The predicted octanol–water partition coefficient (Wildman–Crippen LogP) is 10.4. The van der Waals surface area contributed by atoms with Crippen molar-refractivity contribution in [3.63, 3.8) is 0 Å². The third-order valence-electron chi connectivity index (χ3n) is 8.56. The van der Waals surface area contributed by atoms with Gasteiger partial charge in [-0.3, -0.25) is 4.57 Å². The monoisotopic (exact) mass is 555 g/mol. The first kappa shape index (κ1) is 22.3. The summed E-state index contributed by atoms with van der Waals surface area (Å²) < 4.78 is 12.1. The molecule has 0 aliphatic carbocycles. The molecule has 0 fully saturated rings. The van der Waals surface area contributed by atoms with Gasteiger partial charge < -0.3 is 8.98 Å². The lowest BCUT2D eigenvalue weighted by atomic mass is 10.1. The zero-order valence-corrected chi connectivity index (χ0v) is 23.1. The van der Waals surface area contributed by atoms with Crippen LogP contribution in [0.1, 0.15) is 0 Å². The maximum absolute atomic E-state index is 6.20. The van der Waals surface area contributed by atoms with Crippen LogP contribution in [0.2, 0.25) is 0 Å². The summed E-state index contributed by atoms with van der Waals surface area (Å²) in [6, 6.07) is 45.1. The molecule has 10 aromatic rings. The Kier molecular flexibility index (Phi) is 4.30. The summed E-state index contributed by atoms with van der Waals surface area (Å²) in [5.41, 5.74) is 8.68. The normalized spacial score (nSPS) is 12.3. The summed E-state index contributed by atoms with van der Waals surface area (Å²) in [5.74, 6) is 0. The second-order valence-electron chi connectivity index (χ2n) is 10.8. The molecule has 0 bridgehead atoms. The molecule has 10 rings (SSSR count). The molecule has 6 aromatic carbocycles. The van der Waals surface area contributed by atoms with Gasteiger partial charge in [0.05, 0.1) is 32.3 Å². The van der Waals surface area contributed by atoms with Gasteiger partial charge in [-0.1, -0.05) is 84.1 Å². The minimum Gasteiger partial charge on any atom is -0.456 e. The standard InChI is InChI=1S/C37H21N3OS/c1-2-10-22(11-3-1)39-27-15-7-4-12-23(27)33-29(39)19-20-30-34(33)24-13-5-8-16-28(24)40(30)37-38-26-18-21-32-35(36(26)42-37)25-14-6-9-17-31(25)41-32/h1-21H. The van der Waals surface area contributed by atoms with E-state index in [0.717, 1.165) is 54.0 Å². The van der Waals surface area contributed by atoms with Crippen molar-refractivity contribution in [2.75, 3.05) is 0 Å². The maximum atomic E-state index is 6.20. The van der Waals surface area contributed by atoms with E-state index in [9.17, 15) is 0 Å². The minimum atomic E-state index is 0.900. The molecule has 0 aliphatic heterocycles. The lowest BCUT2D eigenvalue weighted by molar-refractivity contribution is 0.669. The van der Waals surface area contributed by atoms with Crippen molar-refractivity contribution in [1.82, 2.24) is 14.1 Å². The van der Waals surface area contributed by atoms with Gasteiger partial charge in [-0.15, -0.1) is 0 Å². The van der Waals surface area contributed by atoms with Crippen molar-refractivity contribution in [2.45, 2.75) is 0 Å². The second-order valence-corrected chi connectivity index (χ2v) is 11.8. The first-order valence-corrected chi connectivity index (χ1v) is 14.9. The number of hydrogen-bond acceptors (Lipinski definition) is 3. The average Bonchev–Trinajstić information content (AvgIpc) is 3.79. The SMILES string of the molecule is c1ccc(-n2c3ccccc3c3c4c5ccccc5n(-c5nc6ccc7oc8ccccc8c7c6s5)c4ccc32)cc1. The van der Waals surface area contributed by atoms with Crippen LogP contribution >= 0.6 is 11.3 Å². The summed E-state index contributed by atoms with van der Waals surface area (Å²) in [7, 11) is 0. The van der Waals surface area contributed by atoms with E-state index in [4.69, 9.17) is 9.40 Å². The van der Waals surface area contributed by atoms with Crippen LogP contribution < -0.4 is 0 Å². The van der Waals surface area contributed by atoms with E-state index in [0.29, 0.717) is 0 Å². The van der Waals surface area contributed by atoms with Gasteiger partial charge in [0.25, 0.3) is 0 Å². The Hall–Kier alpha value is -5.39. The van der Waals surface area contributed by atoms with Crippen LogP contribution in [0.5, 0.6) is 0 Å². The number of benzene rings is 6. The first-order valence-electron chi connectivity index (χ1n) is 14.1. The molecule has 0 saturated heterocycles. The van der Waals surface area contributed by atoms with Gasteiger partial charge in [0, 0.05) is 38.0 Å². The molecular formula is C37H21N3OS. The molecular weight excluding hydrogens is 534 g/mol. The molecule has 0 saturated carbocycles. The van der Waals surface area contributed by atoms with E-state index in [1.807, 2.05) is 12.1 Å². The maximum Gasteiger partial charge on any atom is 0.195 e. The molecule has 4 heterocycles. The number of nitrogens with zero attached hydrogens (tertiary/aromatic N) is 3. The van der Waals surface area contributed by atoms with Crippen LogP contribution in [0, 0.1) is 0 Å². The first-order chi connectivity index (χ1) is 20.8. The summed E-state index contributed by atoms with van der Waals surface area (Å²) in [6.45, 7) is 0. The smallest absolute Gasteiger partial charge is 0.195 e. The molecule has 0 amide bonds. The largest absolute Gasteiger partial charge is 0.456 e. The van der Waals surface area contributed by atoms with E-state index in [-0.39, 0.29) is 0 Å². The molecule has 0 N–H and O–H groups in total. The predicted molar refractivity (Wildman–Crippen MR) is 176 cm³/mol. The molecule has 0 atom stereocenters. The van der Waals surface area contributed by atoms with Crippen molar-refractivity contribution in [2.24, 2.45) is 0 Å². The third kappa shape index (κ3) is 2.83. The summed E-state index contributed by atoms with van der Waals surface area (Å²) in [5, 5.41) is 8.23. The van der Waals surface area contributed by atoms with Gasteiger partial charge in [0.2, 0.25) is 0 Å². The van der Waals surface area contributed by atoms with E-state index in [1.165, 1.54) is 32.6 Å². The molecule has 0 unspecified atom stereocenters. The zero-order chi connectivity index (χ0) is 27.4. The highest BCUT2D eigenvalue weighted by atomic mass is 32.1. The third-order valence-corrected chi connectivity index (χ3v) is 9.64. The van der Waals surface area contributed by atoms with Gasteiger partial charge in [0.1, 0.15) is 11.2 Å². The number of rotatable bonds is 2. The van der Waals surface area contributed by atoms with Crippen LogP contribution in [0.15, 0.2) is 132 Å². The molecule has 196 valence electrons. The van der Waals surface area contributed by atoms with Crippen LogP contribution in [-0.2, 0) is 0 Å². The highest BCUT2D eigenvalue weighted by molar-refractivity contribution is 7.22. The fraction of sp³-hybridized carbons (Fsp3) is 0. The van der Waals surface area contributed by atoms with Crippen LogP contribution in [0.4, 0.5) is 0 Å². The summed E-state index contributed by atoms with van der Waals surface area (Å²) >= 11 is 1.73. The zero-order valence-electron chi connectivity index (χ0n) is 22.3. The molecule has 42 heavy (non-hydrogen) atoms. The van der Waals surface area contributed by atoms with Crippen molar-refractivity contribution < 1.29 is 4.42 Å². The topological polar surface area (TPSA) is 35.9 Å². The highest BCUT2D eigenvalue weighted by Crippen LogP contribution is 2.44. The minimum absolute atomic E-state index is 0.900. The lowest BCUT2D eigenvalue weighted by Crippen LogP contribution is -1.94. The van der Waals surface area contributed by atoms with E-state index >= 15 is 0 Å². The Morgan fingerprint density at radius 2 is 1.10 bits per heavy atom. The Morgan fingerprint density at radius 3 is 1.86 bits per heavy atom. The number of furan rings is 1. The van der Waals surface area contributed by atoms with Gasteiger partial charge in [-0.25, -0.2) is 4.98 Å². The molecule has 4 nitrogen and oxygen atoms in total. The van der Waals surface area contributed by atoms with Crippen LogP contribution in [-0.4, -0.2) is 14.1 Å². The number of para-hydroxylation sites is 4. The summed E-state index contributed by atoms with van der Waals surface area (Å²) in [4.78, 5) is 5.22. The molecule has 0 radical (unpaired) electrons. The van der Waals surface area contributed by atoms with Crippen molar-refractivity contribution in [1.29, 1.82) is 0 Å². The fourth-order valence-electron chi connectivity index (χ4n) is 6.86. The molecule has 0 spiro atoms. The van der Waals surface area contributed by atoms with Crippen molar-refractivity contribution in [3.8, 4) is 10.8 Å². The van der Waals surface area contributed by atoms with Crippen molar-refractivity contribution >= 4 is 87.1 Å². The molecule has 4 aromatic heterocycles. The second kappa shape index (κ2) is 8.09. The van der Waals surface area contributed by atoms with Crippen molar-refractivity contribution in [3.05, 3.63) is 127 Å². The summed E-state index contributed by atoms with van der Waals surface area (Å²) in [6.07, 6.45) is 0. The van der Waals surface area contributed by atoms with Gasteiger partial charge in [0.15, 0.2) is 5.13 Å². The molecule has 5 heteroatoms. The Bertz CT molecular complexity index is 2690. The van der Waals surface area contributed by atoms with Gasteiger partial charge >= 0.3 is 0 Å².